The van der Waals surface area contributed by atoms with E-state index in [0.717, 1.165) is 12.0 Å². The summed E-state index contributed by atoms with van der Waals surface area (Å²) in [4.78, 5) is 11.5. The van der Waals surface area contributed by atoms with Gasteiger partial charge in [0.1, 0.15) is 5.82 Å². The van der Waals surface area contributed by atoms with Gasteiger partial charge in [-0.15, -0.1) is 0 Å². The zero-order chi connectivity index (χ0) is 12.0. The molecule has 0 heterocycles. The summed E-state index contributed by atoms with van der Waals surface area (Å²) in [7, 11) is 1.60. The fourth-order valence-corrected chi connectivity index (χ4v) is 1.32. The van der Waals surface area contributed by atoms with Gasteiger partial charge in [-0.3, -0.25) is 4.79 Å². The zero-order valence-electron chi connectivity index (χ0n) is 9.55. The van der Waals surface area contributed by atoms with E-state index >= 15 is 0 Å². The maximum atomic E-state index is 13.4. The second-order valence-electron chi connectivity index (χ2n) is 3.59. The Morgan fingerprint density at radius 1 is 1.50 bits per heavy atom. The maximum Gasteiger partial charge on any atom is 0.254 e. The molecule has 0 aliphatic rings. The number of carbonyl (C=O) groups excluding carboxylic acids is 1. The van der Waals surface area contributed by atoms with Gasteiger partial charge in [-0.1, -0.05) is 6.07 Å². The Morgan fingerprint density at radius 3 is 2.88 bits per heavy atom. The van der Waals surface area contributed by atoms with Gasteiger partial charge in [0.05, 0.1) is 5.56 Å². The van der Waals surface area contributed by atoms with E-state index in [1.807, 2.05) is 0 Å². The molecule has 1 rings (SSSR count). The van der Waals surface area contributed by atoms with Crippen LogP contribution in [0.25, 0.3) is 0 Å². The number of hydrogen-bond donors (Lipinski definition) is 1. The molecule has 1 N–H and O–H groups in total. The Bertz CT molecular complexity index is 366. The molecule has 16 heavy (non-hydrogen) atoms. The number of ether oxygens (including phenoxy) is 1. The molecule has 0 bridgehead atoms. The first-order valence-corrected chi connectivity index (χ1v) is 5.18. The summed E-state index contributed by atoms with van der Waals surface area (Å²) >= 11 is 0. The van der Waals surface area contributed by atoms with Gasteiger partial charge in [-0.25, -0.2) is 4.39 Å². The van der Waals surface area contributed by atoms with Crippen molar-refractivity contribution in [3.63, 3.8) is 0 Å². The lowest BCUT2D eigenvalue weighted by Crippen LogP contribution is -2.26. The predicted molar refractivity (Wildman–Crippen MR) is 60.0 cm³/mol. The molecule has 4 heteroatoms. The normalized spacial score (nSPS) is 10.2. The number of hydrogen-bond acceptors (Lipinski definition) is 2. The van der Waals surface area contributed by atoms with Crippen molar-refractivity contribution in [1.82, 2.24) is 5.32 Å². The molecule has 0 unspecified atom stereocenters. The van der Waals surface area contributed by atoms with Crippen molar-refractivity contribution in [3.05, 3.63) is 35.1 Å². The van der Waals surface area contributed by atoms with E-state index in [1.165, 1.54) is 12.1 Å². The van der Waals surface area contributed by atoms with E-state index in [4.69, 9.17) is 4.74 Å². The first-order chi connectivity index (χ1) is 7.65. The SMILES string of the molecule is COCCCNC(=O)c1ccc(C)cc1F. The first kappa shape index (κ1) is 12.6. The highest BCUT2D eigenvalue weighted by atomic mass is 19.1. The summed E-state index contributed by atoms with van der Waals surface area (Å²) in [5.74, 6) is -0.863. The lowest BCUT2D eigenvalue weighted by atomic mass is 10.1. The van der Waals surface area contributed by atoms with Gasteiger partial charge in [0.2, 0.25) is 0 Å². The van der Waals surface area contributed by atoms with Crippen LogP contribution in [0.2, 0.25) is 0 Å². The van der Waals surface area contributed by atoms with Crippen LogP contribution in [0.1, 0.15) is 22.3 Å². The van der Waals surface area contributed by atoms with Gasteiger partial charge < -0.3 is 10.1 Å². The van der Waals surface area contributed by atoms with Crippen LogP contribution < -0.4 is 5.32 Å². The number of nitrogens with one attached hydrogen (secondary N) is 1. The number of aryl methyl sites for hydroxylation is 1. The molecule has 0 saturated heterocycles. The van der Waals surface area contributed by atoms with Crippen molar-refractivity contribution in [3.8, 4) is 0 Å². The van der Waals surface area contributed by atoms with Crippen molar-refractivity contribution in [1.29, 1.82) is 0 Å². The second kappa shape index (κ2) is 6.23. The van der Waals surface area contributed by atoms with E-state index in [2.05, 4.69) is 5.32 Å². The smallest absolute Gasteiger partial charge is 0.254 e. The van der Waals surface area contributed by atoms with Crippen LogP contribution in [0, 0.1) is 12.7 Å². The summed E-state index contributed by atoms with van der Waals surface area (Å²) in [6.07, 6.45) is 0.718. The van der Waals surface area contributed by atoms with E-state index in [9.17, 15) is 9.18 Å². The van der Waals surface area contributed by atoms with Crippen LogP contribution in [0.3, 0.4) is 0 Å². The second-order valence-corrected chi connectivity index (χ2v) is 3.59. The highest BCUT2D eigenvalue weighted by Gasteiger charge is 2.10. The van der Waals surface area contributed by atoms with Crippen LogP contribution in [-0.4, -0.2) is 26.2 Å². The molecule has 0 aromatic heterocycles. The number of carbonyl (C=O) groups is 1. The number of methoxy groups -OCH3 is 1. The lowest BCUT2D eigenvalue weighted by molar-refractivity contribution is 0.0944. The molecule has 3 nitrogen and oxygen atoms in total. The Labute approximate surface area is 94.6 Å². The number of halogens is 1. The highest BCUT2D eigenvalue weighted by molar-refractivity contribution is 5.94. The molecule has 1 aromatic rings. The molecule has 0 saturated carbocycles. The monoisotopic (exact) mass is 225 g/mol. The summed E-state index contributed by atoms with van der Waals surface area (Å²) < 4.78 is 18.2. The minimum Gasteiger partial charge on any atom is -0.385 e. The summed E-state index contributed by atoms with van der Waals surface area (Å²) in [5.41, 5.74) is 0.886. The minimum atomic E-state index is -0.482. The van der Waals surface area contributed by atoms with Crippen LogP contribution in [0.15, 0.2) is 18.2 Å². The van der Waals surface area contributed by atoms with E-state index in [1.54, 1.807) is 20.1 Å². The third-order valence-corrected chi connectivity index (χ3v) is 2.18. The average molecular weight is 225 g/mol. The van der Waals surface area contributed by atoms with Gasteiger partial charge in [-0.05, 0) is 31.0 Å². The van der Waals surface area contributed by atoms with Crippen molar-refractivity contribution < 1.29 is 13.9 Å². The van der Waals surface area contributed by atoms with Gasteiger partial charge in [0.15, 0.2) is 0 Å². The Hall–Kier alpha value is -1.42. The van der Waals surface area contributed by atoms with Crippen LogP contribution in [0.5, 0.6) is 0 Å². The highest BCUT2D eigenvalue weighted by Crippen LogP contribution is 2.09. The molecule has 0 aliphatic heterocycles. The van der Waals surface area contributed by atoms with Gasteiger partial charge in [0, 0.05) is 20.3 Å². The average Bonchev–Trinajstić information content (AvgIpc) is 2.24. The fraction of sp³-hybridized carbons (Fsp3) is 0.417. The predicted octanol–water partition coefficient (Wildman–Crippen LogP) is 1.90. The molecule has 0 radical (unpaired) electrons. The first-order valence-electron chi connectivity index (χ1n) is 5.18. The van der Waals surface area contributed by atoms with E-state index in [0.29, 0.717) is 13.2 Å². The van der Waals surface area contributed by atoms with Crippen molar-refractivity contribution in [2.24, 2.45) is 0 Å². The van der Waals surface area contributed by atoms with Crippen molar-refractivity contribution >= 4 is 5.91 Å². The molecule has 88 valence electrons. The standard InChI is InChI=1S/C12H16FNO2/c1-9-4-5-10(11(13)8-9)12(15)14-6-3-7-16-2/h4-5,8H,3,6-7H2,1-2H3,(H,14,15). The Morgan fingerprint density at radius 2 is 2.25 bits per heavy atom. The van der Waals surface area contributed by atoms with E-state index < -0.39 is 5.82 Å². The van der Waals surface area contributed by atoms with E-state index in [-0.39, 0.29) is 11.5 Å². The summed E-state index contributed by atoms with van der Waals surface area (Å²) in [6, 6.07) is 4.56. The molecule has 0 atom stereocenters. The fourth-order valence-electron chi connectivity index (χ4n) is 1.32. The summed E-state index contributed by atoms with van der Waals surface area (Å²) in [5, 5.41) is 2.64. The van der Waals surface area contributed by atoms with Crippen LogP contribution in [0.4, 0.5) is 4.39 Å². The topological polar surface area (TPSA) is 38.3 Å². The molecule has 0 fully saturated rings. The van der Waals surface area contributed by atoms with Gasteiger partial charge in [0.25, 0.3) is 5.91 Å². The molecular weight excluding hydrogens is 209 g/mol. The molecule has 1 aromatic carbocycles. The largest absolute Gasteiger partial charge is 0.385 e. The van der Waals surface area contributed by atoms with Crippen molar-refractivity contribution in [2.45, 2.75) is 13.3 Å². The molecule has 0 spiro atoms. The summed E-state index contributed by atoms with van der Waals surface area (Å²) in [6.45, 7) is 2.85. The van der Waals surface area contributed by atoms with Crippen LogP contribution >= 0.6 is 0 Å². The maximum absolute atomic E-state index is 13.4. The number of rotatable bonds is 5. The molecular formula is C12H16FNO2. The Balaban J connectivity index is 2.53. The molecule has 0 aliphatic carbocycles. The lowest BCUT2D eigenvalue weighted by Gasteiger charge is -2.06. The third kappa shape index (κ3) is 3.62. The quantitative estimate of drug-likeness (QED) is 0.777. The number of amides is 1. The Kier molecular flexibility index (Phi) is 4.92. The number of benzene rings is 1. The minimum absolute atomic E-state index is 0.0861. The van der Waals surface area contributed by atoms with Gasteiger partial charge in [-0.2, -0.15) is 0 Å². The zero-order valence-corrected chi connectivity index (χ0v) is 9.55. The van der Waals surface area contributed by atoms with Gasteiger partial charge >= 0.3 is 0 Å². The third-order valence-electron chi connectivity index (χ3n) is 2.18. The van der Waals surface area contributed by atoms with Crippen LogP contribution in [-0.2, 0) is 4.74 Å². The van der Waals surface area contributed by atoms with Crippen molar-refractivity contribution in [2.75, 3.05) is 20.3 Å². The molecule has 1 amide bonds.